The molecule has 0 N–H and O–H groups in total. The van der Waals surface area contributed by atoms with Crippen molar-refractivity contribution in [2.24, 2.45) is 0 Å². The van der Waals surface area contributed by atoms with Gasteiger partial charge in [0, 0.05) is 0 Å². The second-order valence-corrected chi connectivity index (χ2v) is 41.5. The molecule has 4 aromatic carbocycles. The number of allylic oxidation sites excluding steroid dienone is 2. The molecule has 4 heteroatoms. The number of fused-ring (bicyclic) bond motifs is 2. The summed E-state index contributed by atoms with van der Waals surface area (Å²) in [7, 11) is 0. The molecule has 2 aliphatic rings. The molecule has 2 atom stereocenters. The standard InChI is InChI=1S/2C15H11.2CH3.2ClH.H2Si.Zr/c2*1-2-6-12(7-3-1)15-10-13-8-4-5-9-14(13)11-15;;;;;;/h2*1-11H;2*1H3;2*1H;1H2;. The van der Waals surface area contributed by atoms with Crippen molar-refractivity contribution in [1.82, 2.24) is 0 Å². The van der Waals surface area contributed by atoms with Gasteiger partial charge in [-0.3, -0.25) is 0 Å². The van der Waals surface area contributed by atoms with Gasteiger partial charge in [0.15, 0.2) is 0 Å². The fourth-order valence-corrected chi connectivity index (χ4v) is 25.2. The van der Waals surface area contributed by atoms with Gasteiger partial charge in [0.05, 0.1) is 0 Å². The summed E-state index contributed by atoms with van der Waals surface area (Å²) in [4.78, 5) is 0. The molecule has 6 rings (SSSR count). The van der Waals surface area contributed by atoms with Crippen LogP contribution >= 0.6 is 24.8 Å². The van der Waals surface area contributed by atoms with Gasteiger partial charge in [-0.05, 0) is 0 Å². The van der Waals surface area contributed by atoms with Crippen molar-refractivity contribution in [3.05, 3.63) is 143 Å². The third-order valence-corrected chi connectivity index (χ3v) is 25.2. The van der Waals surface area contributed by atoms with Crippen molar-refractivity contribution < 1.29 is 17.4 Å². The minimum absolute atomic E-state index is 0. The Morgan fingerprint density at radius 1 is 0.500 bits per heavy atom. The Kier molecular flexibility index (Phi) is 7.58. The van der Waals surface area contributed by atoms with Crippen molar-refractivity contribution in [3.63, 3.8) is 0 Å². The summed E-state index contributed by atoms with van der Waals surface area (Å²) in [5.74, 6) is 0. The van der Waals surface area contributed by atoms with Crippen molar-refractivity contribution >= 4 is 55.0 Å². The maximum absolute atomic E-state index is 3.63. The molecule has 0 saturated heterocycles. The summed E-state index contributed by atoms with van der Waals surface area (Å²) in [5.41, 5.74) is 11.6. The molecule has 0 bridgehead atoms. The topological polar surface area (TPSA) is 0 Å². The molecule has 0 radical (unpaired) electrons. The Morgan fingerprint density at radius 2 is 0.833 bits per heavy atom. The predicted octanol–water partition coefficient (Wildman–Crippen LogP) is 8.75. The van der Waals surface area contributed by atoms with E-state index in [2.05, 4.69) is 137 Å². The third-order valence-electron chi connectivity index (χ3n) is 7.97. The number of halogens is 2. The van der Waals surface area contributed by atoms with Crippen LogP contribution in [0.4, 0.5) is 0 Å². The number of hydrogen-bond donors (Lipinski definition) is 0. The SMILES string of the molecule is Cl.Cl.[CH3][Zr]([CH3])(=[SiH2])([CH]1C(c2ccccc2)=Cc2ccccc21)[CH]1C(c2ccccc2)=Cc2ccccc21. The van der Waals surface area contributed by atoms with E-state index in [1.54, 1.807) is 0 Å². The quantitative estimate of drug-likeness (QED) is 0.204. The van der Waals surface area contributed by atoms with E-state index in [0.717, 1.165) is 0 Å². The van der Waals surface area contributed by atoms with E-state index in [1.807, 2.05) is 0 Å². The second-order valence-electron chi connectivity index (χ2n) is 11.0. The first kappa shape index (κ1) is 27.1. The molecule has 0 nitrogen and oxygen atoms in total. The Hall–Kier alpha value is -1.96. The van der Waals surface area contributed by atoms with Crippen molar-refractivity contribution in [2.75, 3.05) is 0 Å². The first-order valence-corrected chi connectivity index (χ1v) is 25.9. The molecule has 2 aliphatic carbocycles. The van der Waals surface area contributed by atoms with Crippen LogP contribution in [0, 0.1) is 0 Å². The monoisotopic (exact) mass is 604 g/mol. The van der Waals surface area contributed by atoms with Gasteiger partial charge in [0.2, 0.25) is 0 Å². The van der Waals surface area contributed by atoms with Crippen LogP contribution in [-0.4, -0.2) is 6.88 Å². The van der Waals surface area contributed by atoms with Crippen molar-refractivity contribution in [3.8, 4) is 0 Å². The maximum atomic E-state index is 2.72. The number of hydrogen-bond acceptors (Lipinski definition) is 0. The van der Waals surface area contributed by atoms with E-state index < -0.39 is 17.4 Å². The zero-order chi connectivity index (χ0) is 23.4. The molecular weight excluding hydrogens is 575 g/mol. The molecule has 182 valence electrons. The molecular formula is C32H32Cl2SiZr. The molecule has 0 saturated carbocycles. The van der Waals surface area contributed by atoms with E-state index in [0.29, 0.717) is 7.25 Å². The van der Waals surface area contributed by atoms with Gasteiger partial charge in [0.1, 0.15) is 0 Å². The predicted molar refractivity (Wildman–Crippen MR) is 162 cm³/mol. The number of rotatable bonds is 4. The summed E-state index contributed by atoms with van der Waals surface area (Å²) in [5, 5.41) is 0. The molecule has 0 amide bonds. The molecule has 0 aliphatic heterocycles. The van der Waals surface area contributed by atoms with E-state index in [4.69, 9.17) is 0 Å². The van der Waals surface area contributed by atoms with E-state index in [-0.39, 0.29) is 24.8 Å². The summed E-state index contributed by atoms with van der Waals surface area (Å²) in [6.45, 7) is 2.41. The normalized spacial score (nSPS) is 18.2. The van der Waals surface area contributed by atoms with Crippen LogP contribution in [0.15, 0.2) is 109 Å². The summed E-state index contributed by atoms with van der Waals surface area (Å²) in [6.07, 6.45) is 4.97. The first-order chi connectivity index (χ1) is 16.4. The van der Waals surface area contributed by atoms with E-state index >= 15 is 0 Å². The summed E-state index contributed by atoms with van der Waals surface area (Å²) in [6, 6.07) is 40.5. The number of benzene rings is 4. The van der Waals surface area contributed by atoms with Crippen molar-refractivity contribution in [1.29, 1.82) is 0 Å². The van der Waals surface area contributed by atoms with Gasteiger partial charge in [0.25, 0.3) is 0 Å². The van der Waals surface area contributed by atoms with Crippen LogP contribution in [-0.2, 0) is 17.4 Å². The van der Waals surface area contributed by atoms with Crippen LogP contribution < -0.4 is 0 Å². The fraction of sp³-hybridized carbons (Fsp3) is 0.125. The van der Waals surface area contributed by atoms with Crippen LogP contribution in [0.25, 0.3) is 23.3 Å². The Morgan fingerprint density at radius 3 is 1.22 bits per heavy atom. The fourth-order valence-electron chi connectivity index (χ4n) is 6.62. The molecule has 4 aromatic rings. The molecule has 36 heavy (non-hydrogen) atoms. The van der Waals surface area contributed by atoms with Crippen LogP contribution in [0.1, 0.15) is 40.6 Å². The minimum atomic E-state index is -3.63. The average Bonchev–Trinajstić information content (AvgIpc) is 3.46. The summed E-state index contributed by atoms with van der Waals surface area (Å²) >= 11 is -3.63. The Balaban J connectivity index is 0.00000152. The van der Waals surface area contributed by atoms with E-state index in [9.17, 15) is 0 Å². The zero-order valence-corrected chi connectivity index (χ0v) is 26.2. The Labute approximate surface area is 229 Å². The van der Waals surface area contributed by atoms with Gasteiger partial charge >= 0.3 is 207 Å². The van der Waals surface area contributed by atoms with E-state index in [1.165, 1.54) is 44.5 Å². The summed E-state index contributed by atoms with van der Waals surface area (Å²) < 4.78 is 6.38. The molecule has 2 unspecified atom stereocenters. The van der Waals surface area contributed by atoms with Crippen LogP contribution in [0.5, 0.6) is 0 Å². The Bertz CT molecular complexity index is 1420. The average molecular weight is 607 g/mol. The molecule has 0 spiro atoms. The van der Waals surface area contributed by atoms with Gasteiger partial charge in [-0.15, -0.1) is 24.8 Å². The van der Waals surface area contributed by atoms with Gasteiger partial charge in [-0.2, -0.15) is 0 Å². The zero-order valence-electron chi connectivity index (χ0n) is 20.7. The van der Waals surface area contributed by atoms with Gasteiger partial charge < -0.3 is 0 Å². The molecule has 0 heterocycles. The molecule has 0 fully saturated rings. The van der Waals surface area contributed by atoms with Crippen LogP contribution in [0.2, 0.25) is 9.26 Å². The van der Waals surface area contributed by atoms with Gasteiger partial charge in [-0.25, -0.2) is 0 Å². The first-order valence-electron chi connectivity index (χ1n) is 12.2. The third kappa shape index (κ3) is 4.37. The molecule has 0 aromatic heterocycles. The van der Waals surface area contributed by atoms with Crippen LogP contribution in [0.3, 0.4) is 0 Å². The van der Waals surface area contributed by atoms with Gasteiger partial charge in [-0.1, -0.05) is 0 Å². The second kappa shape index (κ2) is 10.1. The van der Waals surface area contributed by atoms with Crippen molar-refractivity contribution in [2.45, 2.75) is 16.5 Å².